The predicted molar refractivity (Wildman–Crippen MR) is 86.2 cm³/mol. The molecule has 1 heterocycles. The quantitative estimate of drug-likeness (QED) is 0.881. The third-order valence-electron chi connectivity index (χ3n) is 3.31. The molecule has 0 spiro atoms. The number of hydrogen-bond donors (Lipinski definition) is 2. The molecule has 0 radical (unpaired) electrons. The number of methoxy groups -OCH3 is 1. The van der Waals surface area contributed by atoms with Gasteiger partial charge in [0.2, 0.25) is 0 Å². The van der Waals surface area contributed by atoms with Crippen LogP contribution >= 0.6 is 0 Å². The molecule has 0 fully saturated rings. The summed E-state index contributed by atoms with van der Waals surface area (Å²) in [5.74, 6) is 2.78. The number of hydrogen-bond acceptors (Lipinski definition) is 5. The largest absolute Gasteiger partial charge is 0.495 e. The Bertz CT molecular complexity index is 640. The van der Waals surface area contributed by atoms with Crippen molar-refractivity contribution in [3.05, 3.63) is 35.2 Å². The molecule has 2 aromatic rings. The maximum atomic E-state index is 5.98. The standard InChI is InChI=1S/C16H22N4O/c1-5-6-14-19-15(17)11(3)16(20-14)18-12-9-10(2)7-8-13(12)21-4/h7-9H,5-6H2,1-4H3,(H3,17,18,19,20). The minimum absolute atomic E-state index is 0.516. The van der Waals surface area contributed by atoms with Gasteiger partial charge in [-0.2, -0.15) is 0 Å². The summed E-state index contributed by atoms with van der Waals surface area (Å²) in [5.41, 5.74) is 8.85. The van der Waals surface area contributed by atoms with Gasteiger partial charge in [-0.15, -0.1) is 0 Å². The van der Waals surface area contributed by atoms with Crippen LogP contribution in [0.1, 0.15) is 30.3 Å². The van der Waals surface area contributed by atoms with E-state index in [1.165, 1.54) is 0 Å². The maximum Gasteiger partial charge on any atom is 0.142 e. The van der Waals surface area contributed by atoms with E-state index in [4.69, 9.17) is 10.5 Å². The van der Waals surface area contributed by atoms with Crippen molar-refractivity contribution in [3.63, 3.8) is 0 Å². The van der Waals surface area contributed by atoms with Crippen LogP contribution in [0.5, 0.6) is 5.75 Å². The molecule has 21 heavy (non-hydrogen) atoms. The second kappa shape index (κ2) is 6.43. The lowest BCUT2D eigenvalue weighted by molar-refractivity contribution is 0.416. The average Bonchev–Trinajstić information content (AvgIpc) is 2.45. The van der Waals surface area contributed by atoms with E-state index in [9.17, 15) is 0 Å². The summed E-state index contributed by atoms with van der Waals surface area (Å²) in [6.07, 6.45) is 1.79. The summed E-state index contributed by atoms with van der Waals surface area (Å²) in [6, 6.07) is 5.97. The fourth-order valence-corrected chi connectivity index (χ4v) is 2.09. The molecule has 0 saturated carbocycles. The third-order valence-corrected chi connectivity index (χ3v) is 3.31. The van der Waals surface area contributed by atoms with Gasteiger partial charge in [0, 0.05) is 12.0 Å². The Kier molecular flexibility index (Phi) is 4.62. The second-order valence-electron chi connectivity index (χ2n) is 5.08. The SMILES string of the molecule is CCCc1nc(N)c(C)c(Nc2cc(C)ccc2OC)n1. The van der Waals surface area contributed by atoms with Crippen molar-refractivity contribution in [2.24, 2.45) is 0 Å². The zero-order chi connectivity index (χ0) is 15.4. The van der Waals surface area contributed by atoms with Gasteiger partial charge in [-0.05, 0) is 38.0 Å². The molecule has 0 unspecified atom stereocenters. The van der Waals surface area contributed by atoms with Crippen molar-refractivity contribution in [1.82, 2.24) is 9.97 Å². The highest BCUT2D eigenvalue weighted by Gasteiger charge is 2.11. The number of nitrogens with zero attached hydrogens (tertiary/aromatic N) is 2. The summed E-state index contributed by atoms with van der Waals surface area (Å²) in [4.78, 5) is 8.89. The van der Waals surface area contributed by atoms with Crippen LogP contribution in [0.2, 0.25) is 0 Å². The third kappa shape index (κ3) is 3.42. The lowest BCUT2D eigenvalue weighted by atomic mass is 10.2. The van der Waals surface area contributed by atoms with E-state index < -0.39 is 0 Å². The highest BCUT2D eigenvalue weighted by atomic mass is 16.5. The van der Waals surface area contributed by atoms with Crippen LogP contribution in [0.25, 0.3) is 0 Å². The van der Waals surface area contributed by atoms with Crippen molar-refractivity contribution >= 4 is 17.3 Å². The van der Waals surface area contributed by atoms with Crippen molar-refractivity contribution in [1.29, 1.82) is 0 Å². The van der Waals surface area contributed by atoms with Crippen LogP contribution in [0, 0.1) is 13.8 Å². The second-order valence-corrected chi connectivity index (χ2v) is 5.08. The number of aryl methyl sites for hydroxylation is 2. The van der Waals surface area contributed by atoms with E-state index in [0.717, 1.165) is 47.0 Å². The van der Waals surface area contributed by atoms with Crippen LogP contribution in [0.3, 0.4) is 0 Å². The van der Waals surface area contributed by atoms with E-state index in [0.29, 0.717) is 5.82 Å². The predicted octanol–water partition coefficient (Wildman–Crippen LogP) is 3.38. The zero-order valence-corrected chi connectivity index (χ0v) is 13.0. The van der Waals surface area contributed by atoms with Crippen LogP contribution in [0.15, 0.2) is 18.2 Å². The fraction of sp³-hybridized carbons (Fsp3) is 0.375. The number of anilines is 3. The first-order valence-corrected chi connectivity index (χ1v) is 7.09. The Morgan fingerprint density at radius 3 is 2.67 bits per heavy atom. The Balaban J connectivity index is 2.41. The van der Waals surface area contributed by atoms with E-state index in [-0.39, 0.29) is 0 Å². The minimum atomic E-state index is 0.516. The van der Waals surface area contributed by atoms with E-state index in [1.807, 2.05) is 32.0 Å². The van der Waals surface area contributed by atoms with E-state index >= 15 is 0 Å². The van der Waals surface area contributed by atoms with E-state index in [1.54, 1.807) is 7.11 Å². The van der Waals surface area contributed by atoms with Gasteiger partial charge in [-0.1, -0.05) is 13.0 Å². The maximum absolute atomic E-state index is 5.98. The molecule has 0 saturated heterocycles. The summed E-state index contributed by atoms with van der Waals surface area (Å²) in [7, 11) is 1.65. The molecule has 0 aliphatic rings. The van der Waals surface area contributed by atoms with Gasteiger partial charge in [0.15, 0.2) is 0 Å². The van der Waals surface area contributed by atoms with Gasteiger partial charge < -0.3 is 15.8 Å². The van der Waals surface area contributed by atoms with Crippen molar-refractivity contribution in [3.8, 4) is 5.75 Å². The number of aromatic nitrogens is 2. The molecule has 1 aromatic carbocycles. The van der Waals surface area contributed by atoms with Gasteiger partial charge in [-0.25, -0.2) is 9.97 Å². The highest BCUT2D eigenvalue weighted by Crippen LogP contribution is 2.30. The van der Waals surface area contributed by atoms with Crippen molar-refractivity contribution < 1.29 is 4.74 Å². The minimum Gasteiger partial charge on any atom is -0.495 e. The molecule has 0 atom stereocenters. The average molecular weight is 286 g/mol. The van der Waals surface area contributed by atoms with Gasteiger partial charge in [-0.3, -0.25) is 0 Å². The normalized spacial score (nSPS) is 10.5. The highest BCUT2D eigenvalue weighted by molar-refractivity contribution is 5.69. The lowest BCUT2D eigenvalue weighted by Gasteiger charge is -2.14. The Hall–Kier alpha value is -2.30. The number of benzene rings is 1. The monoisotopic (exact) mass is 286 g/mol. The van der Waals surface area contributed by atoms with Crippen molar-refractivity contribution in [2.45, 2.75) is 33.6 Å². The molecule has 3 N–H and O–H groups in total. The summed E-state index contributed by atoms with van der Waals surface area (Å²) >= 11 is 0. The molecule has 0 aliphatic carbocycles. The molecule has 112 valence electrons. The van der Waals surface area contributed by atoms with Gasteiger partial charge in [0.25, 0.3) is 0 Å². The fourth-order valence-electron chi connectivity index (χ4n) is 2.09. The molecule has 5 nitrogen and oxygen atoms in total. The number of nitrogens with two attached hydrogens (primary N) is 1. The van der Waals surface area contributed by atoms with Crippen LogP contribution < -0.4 is 15.8 Å². The number of ether oxygens (including phenoxy) is 1. The molecule has 0 aliphatic heterocycles. The zero-order valence-electron chi connectivity index (χ0n) is 13.0. The smallest absolute Gasteiger partial charge is 0.142 e. The number of rotatable bonds is 5. The molecule has 5 heteroatoms. The van der Waals surface area contributed by atoms with Crippen LogP contribution in [-0.4, -0.2) is 17.1 Å². The molecule has 2 rings (SSSR count). The van der Waals surface area contributed by atoms with Crippen LogP contribution in [0.4, 0.5) is 17.3 Å². The van der Waals surface area contributed by atoms with Gasteiger partial charge in [0.1, 0.15) is 23.2 Å². The molecule has 0 bridgehead atoms. The molecule has 0 amide bonds. The van der Waals surface area contributed by atoms with Gasteiger partial charge in [0.05, 0.1) is 12.8 Å². The first-order valence-electron chi connectivity index (χ1n) is 7.09. The number of nitrogen functional groups attached to an aromatic ring is 1. The van der Waals surface area contributed by atoms with E-state index in [2.05, 4.69) is 22.2 Å². The first-order chi connectivity index (χ1) is 10.0. The molecular formula is C16H22N4O. The molecular weight excluding hydrogens is 264 g/mol. The topological polar surface area (TPSA) is 73.1 Å². The summed E-state index contributed by atoms with van der Waals surface area (Å²) in [6.45, 7) is 6.04. The summed E-state index contributed by atoms with van der Waals surface area (Å²) in [5, 5.41) is 3.32. The first kappa shape index (κ1) is 15.1. The van der Waals surface area contributed by atoms with Gasteiger partial charge >= 0.3 is 0 Å². The van der Waals surface area contributed by atoms with Crippen molar-refractivity contribution in [2.75, 3.05) is 18.2 Å². The Morgan fingerprint density at radius 1 is 1.24 bits per heavy atom. The van der Waals surface area contributed by atoms with Crippen LogP contribution in [-0.2, 0) is 6.42 Å². The Labute approximate surface area is 125 Å². The number of nitrogens with one attached hydrogen (secondary N) is 1. The lowest BCUT2D eigenvalue weighted by Crippen LogP contribution is -2.07. The molecule has 1 aromatic heterocycles. The summed E-state index contributed by atoms with van der Waals surface area (Å²) < 4.78 is 5.38. The Morgan fingerprint density at radius 2 is 2.00 bits per heavy atom.